The molecule has 4 rings (SSSR count). The third kappa shape index (κ3) is 5.08. The Balaban J connectivity index is 1.38. The number of aromatic nitrogens is 1. The summed E-state index contributed by atoms with van der Waals surface area (Å²) in [6.45, 7) is 2.66. The molecule has 1 aliphatic heterocycles. The smallest absolute Gasteiger partial charge is 0.291 e. The molecule has 2 aromatic heterocycles. The van der Waals surface area contributed by atoms with Gasteiger partial charge in [0, 0.05) is 31.7 Å². The number of nitrogens with one attached hydrogen (secondary N) is 1. The van der Waals surface area contributed by atoms with Gasteiger partial charge < -0.3 is 29.0 Å². The molecule has 2 amide bonds. The molecular formula is C24H26N4O5. The van der Waals surface area contributed by atoms with E-state index in [1.165, 1.54) is 6.26 Å². The Morgan fingerprint density at radius 2 is 1.85 bits per heavy atom. The number of ether oxygens (including phenoxy) is 2. The zero-order chi connectivity index (χ0) is 23.2. The molecule has 0 radical (unpaired) electrons. The molecule has 0 unspecified atom stereocenters. The Hall–Kier alpha value is -4.01. The summed E-state index contributed by atoms with van der Waals surface area (Å²) in [5.41, 5.74) is 1.15. The lowest BCUT2D eigenvalue weighted by molar-refractivity contribution is 0.0766. The van der Waals surface area contributed by atoms with E-state index in [1.807, 2.05) is 11.0 Å². The highest BCUT2D eigenvalue weighted by Gasteiger charge is 2.22. The Kier molecular flexibility index (Phi) is 6.77. The summed E-state index contributed by atoms with van der Waals surface area (Å²) in [4.78, 5) is 33.6. The molecule has 0 atom stereocenters. The van der Waals surface area contributed by atoms with Gasteiger partial charge in [-0.3, -0.25) is 9.59 Å². The number of carbonyl (C=O) groups is 2. The molecule has 1 saturated heterocycles. The number of amides is 2. The molecule has 172 valence electrons. The van der Waals surface area contributed by atoms with Gasteiger partial charge in [0.15, 0.2) is 17.3 Å². The summed E-state index contributed by atoms with van der Waals surface area (Å²) >= 11 is 0. The number of hydrogen-bond acceptors (Lipinski definition) is 7. The summed E-state index contributed by atoms with van der Waals surface area (Å²) in [6, 6.07) is 12.1. The summed E-state index contributed by atoms with van der Waals surface area (Å²) in [6.07, 6.45) is 3.89. The van der Waals surface area contributed by atoms with Crippen molar-refractivity contribution in [3.8, 4) is 11.5 Å². The summed E-state index contributed by atoms with van der Waals surface area (Å²) in [5.74, 6) is 1.79. The van der Waals surface area contributed by atoms with Crippen molar-refractivity contribution >= 4 is 23.3 Å². The number of hydrogen-bond donors (Lipinski definition) is 1. The second-order valence-corrected chi connectivity index (χ2v) is 7.54. The maximum Gasteiger partial charge on any atom is 0.291 e. The first-order chi connectivity index (χ1) is 16.1. The van der Waals surface area contributed by atoms with Crippen LogP contribution in [-0.2, 0) is 0 Å². The highest BCUT2D eigenvalue weighted by Crippen LogP contribution is 2.28. The van der Waals surface area contributed by atoms with Crippen LogP contribution in [0.5, 0.6) is 11.5 Å². The van der Waals surface area contributed by atoms with Gasteiger partial charge in [-0.15, -0.1) is 0 Å². The van der Waals surface area contributed by atoms with Crippen molar-refractivity contribution in [3.05, 3.63) is 66.2 Å². The van der Waals surface area contributed by atoms with Crippen LogP contribution in [0.2, 0.25) is 0 Å². The normalized spacial score (nSPS) is 13.9. The van der Waals surface area contributed by atoms with Crippen molar-refractivity contribution in [2.24, 2.45) is 0 Å². The summed E-state index contributed by atoms with van der Waals surface area (Å²) in [5, 5.41) is 2.76. The van der Waals surface area contributed by atoms with E-state index in [4.69, 9.17) is 13.9 Å². The van der Waals surface area contributed by atoms with Crippen LogP contribution in [0.3, 0.4) is 0 Å². The number of carbonyl (C=O) groups excluding carboxylic acids is 2. The van der Waals surface area contributed by atoms with Crippen LogP contribution in [0.15, 0.2) is 59.3 Å². The van der Waals surface area contributed by atoms with E-state index in [9.17, 15) is 9.59 Å². The van der Waals surface area contributed by atoms with Crippen LogP contribution >= 0.6 is 0 Å². The molecule has 1 aromatic carbocycles. The van der Waals surface area contributed by atoms with Gasteiger partial charge >= 0.3 is 0 Å². The maximum atomic E-state index is 13.1. The van der Waals surface area contributed by atoms with E-state index in [-0.39, 0.29) is 17.6 Å². The lowest BCUT2D eigenvalue weighted by Gasteiger charge is -2.23. The fourth-order valence-electron chi connectivity index (χ4n) is 3.75. The van der Waals surface area contributed by atoms with Gasteiger partial charge in [0.05, 0.1) is 32.4 Å². The lowest BCUT2D eigenvalue weighted by Crippen LogP contribution is -2.35. The van der Waals surface area contributed by atoms with Crippen LogP contribution < -0.4 is 19.7 Å². The Morgan fingerprint density at radius 3 is 2.55 bits per heavy atom. The van der Waals surface area contributed by atoms with Gasteiger partial charge in [0.2, 0.25) is 0 Å². The highest BCUT2D eigenvalue weighted by atomic mass is 16.5. The van der Waals surface area contributed by atoms with E-state index < -0.39 is 0 Å². The van der Waals surface area contributed by atoms with Gasteiger partial charge in [-0.1, -0.05) is 0 Å². The molecule has 0 saturated carbocycles. The summed E-state index contributed by atoms with van der Waals surface area (Å²) in [7, 11) is 3.12. The number of nitrogens with zero attached hydrogens (tertiary/aromatic N) is 3. The van der Waals surface area contributed by atoms with Crippen LogP contribution in [0.4, 0.5) is 11.5 Å². The molecule has 3 heterocycles. The van der Waals surface area contributed by atoms with Crippen molar-refractivity contribution < 1.29 is 23.5 Å². The Morgan fingerprint density at radius 1 is 1.00 bits per heavy atom. The fourth-order valence-corrected chi connectivity index (χ4v) is 3.75. The number of pyridine rings is 1. The minimum absolute atomic E-state index is 0.0400. The van der Waals surface area contributed by atoms with Crippen LogP contribution in [0.1, 0.15) is 27.3 Å². The molecule has 1 N–H and O–H groups in total. The predicted molar refractivity (Wildman–Crippen MR) is 123 cm³/mol. The first-order valence-electron chi connectivity index (χ1n) is 10.7. The van der Waals surface area contributed by atoms with Gasteiger partial charge in [-0.2, -0.15) is 0 Å². The van der Waals surface area contributed by atoms with Crippen LogP contribution in [0.25, 0.3) is 0 Å². The molecule has 0 aliphatic carbocycles. The van der Waals surface area contributed by atoms with Crippen molar-refractivity contribution in [1.82, 2.24) is 9.88 Å². The predicted octanol–water partition coefficient (Wildman–Crippen LogP) is 3.30. The first-order valence-corrected chi connectivity index (χ1v) is 10.7. The van der Waals surface area contributed by atoms with E-state index in [0.717, 1.165) is 18.8 Å². The monoisotopic (exact) mass is 450 g/mol. The molecule has 0 bridgehead atoms. The number of furan rings is 1. The maximum absolute atomic E-state index is 13.1. The van der Waals surface area contributed by atoms with E-state index >= 15 is 0 Å². The minimum Gasteiger partial charge on any atom is -0.493 e. The van der Waals surface area contributed by atoms with Crippen molar-refractivity contribution in [3.63, 3.8) is 0 Å². The number of anilines is 2. The topological polar surface area (TPSA) is 97.1 Å². The lowest BCUT2D eigenvalue weighted by atomic mass is 10.1. The standard InChI is InChI=1S/C24H26N4O5/c1-31-19-8-6-17(15-21(19)32-2)24(30)28-11-4-10-27(12-13-28)22-9-7-18(16-25-22)26-23(29)20-5-3-14-33-20/h3,5-9,14-16H,4,10-13H2,1-2H3,(H,26,29). The SMILES string of the molecule is COc1ccc(C(=O)N2CCCN(c3ccc(NC(=O)c4ccco4)cn3)CC2)cc1OC. The molecule has 9 nitrogen and oxygen atoms in total. The van der Waals surface area contributed by atoms with E-state index in [0.29, 0.717) is 42.4 Å². The van der Waals surface area contributed by atoms with Crippen molar-refractivity contribution in [2.45, 2.75) is 6.42 Å². The second kappa shape index (κ2) is 10.1. The van der Waals surface area contributed by atoms with Gasteiger partial charge in [-0.25, -0.2) is 4.98 Å². The van der Waals surface area contributed by atoms with Gasteiger partial charge in [0.1, 0.15) is 5.82 Å². The minimum atomic E-state index is -0.325. The van der Waals surface area contributed by atoms with Gasteiger partial charge in [-0.05, 0) is 48.9 Å². The molecular weight excluding hydrogens is 424 g/mol. The zero-order valence-electron chi connectivity index (χ0n) is 18.6. The zero-order valence-corrected chi connectivity index (χ0v) is 18.6. The number of benzene rings is 1. The average Bonchev–Trinajstić information content (AvgIpc) is 3.29. The third-order valence-electron chi connectivity index (χ3n) is 5.49. The van der Waals surface area contributed by atoms with E-state index in [1.54, 1.807) is 56.8 Å². The first kappa shape index (κ1) is 22.2. The molecule has 1 fully saturated rings. The Bertz CT molecular complexity index is 1100. The third-order valence-corrected chi connectivity index (χ3v) is 5.49. The highest BCUT2D eigenvalue weighted by molar-refractivity contribution is 6.02. The molecule has 1 aliphatic rings. The summed E-state index contributed by atoms with van der Waals surface area (Å²) < 4.78 is 15.7. The average molecular weight is 450 g/mol. The quantitative estimate of drug-likeness (QED) is 0.615. The number of methoxy groups -OCH3 is 2. The van der Waals surface area contributed by atoms with Crippen LogP contribution in [-0.4, -0.2) is 62.1 Å². The van der Waals surface area contributed by atoms with Crippen LogP contribution in [0, 0.1) is 0 Å². The van der Waals surface area contributed by atoms with Gasteiger partial charge in [0.25, 0.3) is 11.8 Å². The Labute approximate surface area is 191 Å². The molecule has 0 spiro atoms. The van der Waals surface area contributed by atoms with Crippen molar-refractivity contribution in [1.29, 1.82) is 0 Å². The van der Waals surface area contributed by atoms with Crippen molar-refractivity contribution in [2.75, 3.05) is 50.6 Å². The molecule has 3 aromatic rings. The largest absolute Gasteiger partial charge is 0.493 e. The molecule has 33 heavy (non-hydrogen) atoms. The van der Waals surface area contributed by atoms with E-state index in [2.05, 4.69) is 15.2 Å². The number of rotatable bonds is 6. The second-order valence-electron chi connectivity index (χ2n) is 7.54. The fraction of sp³-hybridized carbons (Fsp3) is 0.292. The molecule has 9 heteroatoms.